The van der Waals surface area contributed by atoms with Crippen molar-refractivity contribution in [3.63, 3.8) is 0 Å². The fourth-order valence-electron chi connectivity index (χ4n) is 6.37. The van der Waals surface area contributed by atoms with Crippen LogP contribution in [0.4, 0.5) is 0 Å². The first-order valence-corrected chi connectivity index (χ1v) is 24.9. The molecule has 0 aliphatic carbocycles. The summed E-state index contributed by atoms with van der Waals surface area (Å²) in [5.41, 5.74) is 0. The van der Waals surface area contributed by atoms with Crippen LogP contribution < -0.4 is 0 Å². The summed E-state index contributed by atoms with van der Waals surface area (Å²) < 4.78 is 26.3. The highest BCUT2D eigenvalue weighted by molar-refractivity contribution is 7.46. The average Bonchev–Trinajstić information content (AvgIpc) is 3.20. The van der Waals surface area contributed by atoms with Crippen molar-refractivity contribution in [2.24, 2.45) is 0 Å². The van der Waals surface area contributed by atoms with Gasteiger partial charge in [-0.1, -0.05) is 215 Å². The molecule has 0 rings (SSSR count). The highest BCUT2D eigenvalue weighted by Crippen LogP contribution is 2.36. The van der Waals surface area contributed by atoms with E-state index in [-0.39, 0.29) is 19.4 Å². The molecule has 0 radical (unpaired) electrons. The second-order valence-electron chi connectivity index (χ2n) is 15.6. The van der Waals surface area contributed by atoms with E-state index in [0.29, 0.717) is 19.3 Å². The van der Waals surface area contributed by atoms with Gasteiger partial charge in [-0.05, 0) is 44.9 Å². The Morgan fingerprint density at radius 3 is 1.51 bits per heavy atom. The molecule has 59 heavy (non-hydrogen) atoms. The summed E-state index contributed by atoms with van der Waals surface area (Å²) in [5.74, 6) is -1.06. The predicted octanol–water partition coefficient (Wildman–Crippen LogP) is 13.6. The van der Waals surface area contributed by atoms with Crippen molar-refractivity contribution in [3.05, 3.63) is 72.9 Å². The Bertz CT molecular complexity index is 1200. The van der Waals surface area contributed by atoms with E-state index in [1.165, 1.54) is 109 Å². The number of hydrogen-bond donors (Lipinski definition) is 3. The van der Waals surface area contributed by atoms with Crippen molar-refractivity contribution < 1.29 is 43.0 Å². The zero-order valence-electron chi connectivity index (χ0n) is 37.2. The maximum atomic E-state index is 12.4. The standard InChI is InChI=1S/C49H85O9P/c1-3-5-7-9-11-13-15-17-18-19-20-21-22-23-24-26-28-30-32-34-38-42-48(51)56-44-47(45-57-59(53,54)55)58-49(52)43-39-35-37-41-46(50)40-36-33-31-29-27-25-16-14-12-10-8-6-4-2/h6,8,12,14,25,27,31,33,35-37,40,46-47,50H,3-5,7,9-11,13,15-24,26,28-30,32,34,38-39,41-45H2,1-2H3,(H2,53,54,55)/b8-6-,14-12-,27-25-,33-31-,37-35-,40-36-/t46?,47-/m1/s1. The third-order valence-corrected chi connectivity index (χ3v) is 10.3. The number of unbranched alkanes of at least 4 members (excludes halogenated alkanes) is 20. The van der Waals surface area contributed by atoms with Gasteiger partial charge in [-0.3, -0.25) is 14.1 Å². The molecule has 0 amide bonds. The molecule has 1 unspecified atom stereocenters. The number of ether oxygens (including phenoxy) is 2. The highest BCUT2D eigenvalue weighted by Gasteiger charge is 2.22. The summed E-state index contributed by atoms with van der Waals surface area (Å²) in [6.45, 7) is 3.45. The molecule has 0 aromatic rings. The third-order valence-electron chi connectivity index (χ3n) is 9.83. The van der Waals surface area contributed by atoms with Crippen LogP contribution in [-0.2, 0) is 28.2 Å². The van der Waals surface area contributed by atoms with Crippen molar-refractivity contribution in [2.45, 2.75) is 212 Å². The van der Waals surface area contributed by atoms with Gasteiger partial charge in [0.05, 0.1) is 12.7 Å². The number of carbonyl (C=O) groups excluding carboxylic acids is 2. The maximum Gasteiger partial charge on any atom is 0.469 e. The Labute approximate surface area is 360 Å². The molecular formula is C49H85O9P. The molecule has 0 bridgehead atoms. The first kappa shape index (κ1) is 56.5. The topological polar surface area (TPSA) is 140 Å². The number of hydrogen-bond acceptors (Lipinski definition) is 7. The number of phosphoric ester groups is 1. The zero-order chi connectivity index (χ0) is 43.3. The highest BCUT2D eigenvalue weighted by atomic mass is 31.2. The van der Waals surface area contributed by atoms with E-state index < -0.39 is 38.6 Å². The monoisotopic (exact) mass is 849 g/mol. The molecule has 10 heteroatoms. The molecule has 0 fully saturated rings. The number of aliphatic hydroxyl groups is 1. The molecule has 340 valence electrons. The third kappa shape index (κ3) is 46.4. The number of allylic oxidation sites excluding steroid dienone is 10. The smallest absolute Gasteiger partial charge is 0.462 e. The van der Waals surface area contributed by atoms with Gasteiger partial charge in [0.2, 0.25) is 0 Å². The molecule has 0 saturated carbocycles. The molecule has 0 aliphatic rings. The fourth-order valence-corrected chi connectivity index (χ4v) is 6.73. The Balaban J connectivity index is 4.04. The molecule has 0 aliphatic heterocycles. The van der Waals surface area contributed by atoms with Gasteiger partial charge in [-0.25, -0.2) is 4.57 Å². The zero-order valence-corrected chi connectivity index (χ0v) is 38.1. The minimum absolute atomic E-state index is 0.00415. The van der Waals surface area contributed by atoms with Crippen LogP contribution in [0.15, 0.2) is 72.9 Å². The average molecular weight is 849 g/mol. The van der Waals surface area contributed by atoms with Gasteiger partial charge in [0.25, 0.3) is 0 Å². The van der Waals surface area contributed by atoms with Crippen LogP contribution in [0.25, 0.3) is 0 Å². The van der Waals surface area contributed by atoms with Crippen LogP contribution >= 0.6 is 7.82 Å². The molecule has 0 spiro atoms. The predicted molar refractivity (Wildman–Crippen MR) is 245 cm³/mol. The molecule has 2 atom stereocenters. The lowest BCUT2D eigenvalue weighted by Crippen LogP contribution is -2.29. The maximum absolute atomic E-state index is 12.4. The Kier molecular flexibility index (Phi) is 41.7. The van der Waals surface area contributed by atoms with E-state index in [4.69, 9.17) is 19.3 Å². The molecule has 0 aromatic heterocycles. The van der Waals surface area contributed by atoms with Gasteiger partial charge in [-0.15, -0.1) is 0 Å². The van der Waals surface area contributed by atoms with Gasteiger partial charge in [0.15, 0.2) is 6.10 Å². The Morgan fingerprint density at radius 2 is 1.02 bits per heavy atom. The van der Waals surface area contributed by atoms with E-state index in [1.807, 2.05) is 12.2 Å². The minimum atomic E-state index is -4.81. The SMILES string of the molecule is CC/C=C\C/C=C\C/C=C\C/C=C\C=C/C(O)C/C=C\CCC(=O)O[C@H](COC(=O)CCCCCCCCCCCCCCCCCCCCCCC)COP(=O)(O)O. The molecule has 0 saturated heterocycles. The summed E-state index contributed by atoms with van der Waals surface area (Å²) in [6.07, 6.45) is 53.8. The van der Waals surface area contributed by atoms with E-state index in [9.17, 15) is 19.3 Å². The first-order valence-electron chi connectivity index (χ1n) is 23.3. The molecular weight excluding hydrogens is 764 g/mol. The number of aliphatic hydroxyl groups excluding tert-OH is 1. The van der Waals surface area contributed by atoms with Gasteiger partial charge in [0.1, 0.15) is 6.61 Å². The quantitative estimate of drug-likeness (QED) is 0.0180. The summed E-state index contributed by atoms with van der Waals surface area (Å²) in [7, 11) is -4.81. The normalized spacial score (nSPS) is 13.6. The van der Waals surface area contributed by atoms with Crippen LogP contribution in [0.3, 0.4) is 0 Å². The molecule has 9 nitrogen and oxygen atoms in total. The molecule has 3 N–H and O–H groups in total. The van der Waals surface area contributed by atoms with Crippen LogP contribution in [0.5, 0.6) is 0 Å². The van der Waals surface area contributed by atoms with Crippen LogP contribution in [0.1, 0.15) is 200 Å². The van der Waals surface area contributed by atoms with E-state index in [2.05, 4.69) is 54.8 Å². The van der Waals surface area contributed by atoms with Crippen LogP contribution in [-0.4, -0.2) is 52.3 Å². The second kappa shape index (κ2) is 43.5. The van der Waals surface area contributed by atoms with Crippen LogP contribution in [0, 0.1) is 0 Å². The summed E-state index contributed by atoms with van der Waals surface area (Å²) in [6, 6.07) is 0. The van der Waals surface area contributed by atoms with E-state index >= 15 is 0 Å². The first-order chi connectivity index (χ1) is 28.7. The fraction of sp³-hybridized carbons (Fsp3) is 0.714. The number of esters is 2. The van der Waals surface area contributed by atoms with Crippen molar-refractivity contribution >= 4 is 19.8 Å². The van der Waals surface area contributed by atoms with Crippen molar-refractivity contribution in [1.82, 2.24) is 0 Å². The summed E-state index contributed by atoms with van der Waals surface area (Å²) in [5, 5.41) is 10.2. The van der Waals surface area contributed by atoms with Crippen molar-refractivity contribution in [3.8, 4) is 0 Å². The van der Waals surface area contributed by atoms with Gasteiger partial charge >= 0.3 is 19.8 Å². The Morgan fingerprint density at radius 1 is 0.542 bits per heavy atom. The van der Waals surface area contributed by atoms with E-state index in [1.54, 1.807) is 24.3 Å². The lowest BCUT2D eigenvalue weighted by molar-refractivity contribution is -0.161. The van der Waals surface area contributed by atoms with Gasteiger partial charge < -0.3 is 24.4 Å². The van der Waals surface area contributed by atoms with Crippen molar-refractivity contribution in [2.75, 3.05) is 13.2 Å². The van der Waals surface area contributed by atoms with Gasteiger partial charge in [0, 0.05) is 12.8 Å². The lowest BCUT2D eigenvalue weighted by Gasteiger charge is -2.18. The second-order valence-corrected chi connectivity index (χ2v) is 16.8. The Hall–Kier alpha value is -2.55. The molecule has 0 heterocycles. The largest absolute Gasteiger partial charge is 0.469 e. The number of carbonyl (C=O) groups is 2. The van der Waals surface area contributed by atoms with Crippen LogP contribution in [0.2, 0.25) is 0 Å². The van der Waals surface area contributed by atoms with Crippen molar-refractivity contribution in [1.29, 1.82) is 0 Å². The van der Waals surface area contributed by atoms with Gasteiger partial charge in [-0.2, -0.15) is 0 Å². The minimum Gasteiger partial charge on any atom is -0.462 e. The summed E-state index contributed by atoms with van der Waals surface area (Å²) in [4.78, 5) is 43.0. The lowest BCUT2D eigenvalue weighted by atomic mass is 10.0. The number of rotatable bonds is 42. The van der Waals surface area contributed by atoms with E-state index in [0.717, 1.165) is 44.9 Å². The molecule has 0 aromatic carbocycles. The summed E-state index contributed by atoms with van der Waals surface area (Å²) >= 11 is 0. The number of phosphoric acid groups is 1.